The summed E-state index contributed by atoms with van der Waals surface area (Å²) in [6, 6.07) is 15.1. The molecule has 8 nitrogen and oxygen atoms in total. The van der Waals surface area contributed by atoms with E-state index in [1.807, 2.05) is 12.4 Å². The van der Waals surface area contributed by atoms with Crippen LogP contribution in [0.3, 0.4) is 0 Å². The van der Waals surface area contributed by atoms with Gasteiger partial charge >= 0.3 is 0 Å². The number of fused-ring (bicyclic) bond motifs is 2. The van der Waals surface area contributed by atoms with Crippen molar-refractivity contribution in [1.82, 2.24) is 35.4 Å². The number of nitrogens with zero attached hydrogens (tertiary/aromatic N) is 5. The Morgan fingerprint density at radius 1 is 0.949 bits per heavy atom. The van der Waals surface area contributed by atoms with E-state index in [1.165, 1.54) is 36.9 Å². The minimum atomic E-state index is 0.790. The van der Waals surface area contributed by atoms with Crippen LogP contribution in [-0.2, 0) is 6.54 Å². The van der Waals surface area contributed by atoms with Gasteiger partial charge in [0, 0.05) is 56.1 Å². The van der Waals surface area contributed by atoms with Crippen LogP contribution < -0.4 is 10.2 Å². The maximum absolute atomic E-state index is 5.07. The van der Waals surface area contributed by atoms with Crippen LogP contribution >= 0.6 is 0 Å². The minimum absolute atomic E-state index is 0.790. The second-order valence-electron chi connectivity index (χ2n) is 11.2. The predicted molar refractivity (Wildman–Crippen MR) is 158 cm³/mol. The van der Waals surface area contributed by atoms with E-state index in [2.05, 4.69) is 84.8 Å². The number of hydrogen-bond donors (Lipinski definition) is 3. The molecule has 2 aromatic carbocycles. The van der Waals surface area contributed by atoms with Gasteiger partial charge in [0.15, 0.2) is 5.82 Å². The molecule has 5 aromatic rings. The van der Waals surface area contributed by atoms with E-state index in [0.717, 1.165) is 89.8 Å². The minimum Gasteiger partial charge on any atom is -0.367 e. The molecule has 1 saturated heterocycles. The lowest BCUT2D eigenvalue weighted by Crippen LogP contribution is -2.44. The van der Waals surface area contributed by atoms with Crippen LogP contribution in [-0.4, -0.2) is 69.8 Å². The number of anilines is 1. The highest BCUT2D eigenvalue weighted by atomic mass is 15.3. The average molecular weight is 521 g/mol. The molecular formula is C31H36N8. The van der Waals surface area contributed by atoms with Gasteiger partial charge in [-0.3, -0.25) is 10.1 Å². The lowest BCUT2D eigenvalue weighted by molar-refractivity contribution is 0.313. The van der Waals surface area contributed by atoms with Crippen molar-refractivity contribution >= 4 is 27.6 Å². The molecule has 0 unspecified atom stereocenters. The fourth-order valence-corrected chi connectivity index (χ4v) is 6.18. The first-order valence-corrected chi connectivity index (χ1v) is 14.3. The van der Waals surface area contributed by atoms with Crippen molar-refractivity contribution < 1.29 is 0 Å². The number of nitrogens with one attached hydrogen (secondary N) is 3. The lowest BCUT2D eigenvalue weighted by Gasteiger charge is -2.34. The van der Waals surface area contributed by atoms with Crippen molar-refractivity contribution in [3.05, 3.63) is 60.4 Å². The number of hydrogen-bond acceptors (Lipinski definition) is 6. The van der Waals surface area contributed by atoms with Gasteiger partial charge in [-0.05, 0) is 73.8 Å². The Labute approximate surface area is 228 Å². The molecule has 7 rings (SSSR count). The van der Waals surface area contributed by atoms with Gasteiger partial charge in [-0.1, -0.05) is 25.0 Å². The average Bonchev–Trinajstić information content (AvgIpc) is 3.73. The molecule has 200 valence electrons. The van der Waals surface area contributed by atoms with Crippen LogP contribution in [0.25, 0.3) is 44.6 Å². The van der Waals surface area contributed by atoms with E-state index in [0.29, 0.717) is 0 Å². The second-order valence-corrected chi connectivity index (χ2v) is 11.2. The quantitative estimate of drug-likeness (QED) is 0.273. The maximum Gasteiger partial charge on any atom is 0.159 e. The Hall–Kier alpha value is -3.75. The topological polar surface area (TPSA) is 88.8 Å². The molecule has 0 bridgehead atoms. The lowest BCUT2D eigenvalue weighted by atomic mass is 10.0. The number of benzene rings is 2. The Bertz CT molecular complexity index is 1590. The van der Waals surface area contributed by atoms with Crippen LogP contribution in [0.5, 0.6) is 0 Å². The number of piperazine rings is 1. The van der Waals surface area contributed by atoms with Gasteiger partial charge in [0.1, 0.15) is 11.2 Å². The smallest absolute Gasteiger partial charge is 0.159 e. The van der Waals surface area contributed by atoms with Crippen molar-refractivity contribution in [2.75, 3.05) is 44.7 Å². The highest BCUT2D eigenvalue weighted by molar-refractivity contribution is 5.97. The van der Waals surface area contributed by atoms with Crippen LogP contribution in [0.15, 0.2) is 54.9 Å². The number of likely N-dealkylation sites (N-methyl/N-ethyl adjacent to an activating group) is 1. The van der Waals surface area contributed by atoms with Gasteiger partial charge in [0.05, 0.1) is 16.7 Å². The first kappa shape index (κ1) is 24.3. The zero-order valence-electron chi connectivity index (χ0n) is 22.6. The summed E-state index contributed by atoms with van der Waals surface area (Å²) >= 11 is 0. The number of H-pyrrole nitrogens is 2. The van der Waals surface area contributed by atoms with Gasteiger partial charge in [-0.15, -0.1) is 0 Å². The second kappa shape index (κ2) is 10.4. The molecule has 1 saturated carbocycles. The van der Waals surface area contributed by atoms with Crippen molar-refractivity contribution in [2.45, 2.75) is 32.2 Å². The zero-order chi connectivity index (χ0) is 26.2. The molecule has 0 amide bonds. The van der Waals surface area contributed by atoms with E-state index < -0.39 is 0 Å². The predicted octanol–water partition coefficient (Wildman–Crippen LogP) is 5.20. The molecule has 2 fully saturated rings. The monoisotopic (exact) mass is 520 g/mol. The molecule has 3 N–H and O–H groups in total. The Balaban J connectivity index is 1.17. The number of rotatable bonds is 7. The molecule has 1 aliphatic carbocycles. The van der Waals surface area contributed by atoms with Gasteiger partial charge in [0.25, 0.3) is 0 Å². The third-order valence-corrected chi connectivity index (χ3v) is 8.49. The zero-order valence-corrected chi connectivity index (χ0v) is 22.6. The Morgan fingerprint density at radius 2 is 1.82 bits per heavy atom. The molecule has 39 heavy (non-hydrogen) atoms. The number of imidazole rings is 1. The Morgan fingerprint density at radius 3 is 2.69 bits per heavy atom. The van der Waals surface area contributed by atoms with E-state index >= 15 is 0 Å². The van der Waals surface area contributed by atoms with E-state index in [9.17, 15) is 0 Å². The van der Waals surface area contributed by atoms with Gasteiger partial charge in [0.2, 0.25) is 0 Å². The highest BCUT2D eigenvalue weighted by Gasteiger charge is 2.20. The first-order valence-electron chi connectivity index (χ1n) is 14.3. The highest BCUT2D eigenvalue weighted by Crippen LogP contribution is 2.33. The maximum atomic E-state index is 5.07. The van der Waals surface area contributed by atoms with Gasteiger partial charge in [-0.25, -0.2) is 4.98 Å². The summed E-state index contributed by atoms with van der Waals surface area (Å²) < 4.78 is 0. The number of pyridine rings is 1. The van der Waals surface area contributed by atoms with Crippen molar-refractivity contribution in [2.24, 2.45) is 5.92 Å². The summed E-state index contributed by atoms with van der Waals surface area (Å²) in [4.78, 5) is 18.0. The summed E-state index contributed by atoms with van der Waals surface area (Å²) in [5.74, 6) is 1.62. The molecule has 0 atom stereocenters. The number of aromatic amines is 2. The molecule has 3 aromatic heterocycles. The van der Waals surface area contributed by atoms with Crippen molar-refractivity contribution in [1.29, 1.82) is 0 Å². The fourth-order valence-electron chi connectivity index (χ4n) is 6.18. The summed E-state index contributed by atoms with van der Waals surface area (Å²) in [6.45, 7) is 6.10. The summed E-state index contributed by atoms with van der Waals surface area (Å²) in [6.07, 6.45) is 9.41. The van der Waals surface area contributed by atoms with Crippen LogP contribution in [0.2, 0.25) is 0 Å². The molecule has 4 heterocycles. The van der Waals surface area contributed by atoms with E-state index in [1.54, 1.807) is 0 Å². The standard InChI is InChI=1S/C31H36N8/c1-38-11-13-39(14-12-38)28-8-4-7-27-30(28)35-31(34-27)29-25-16-23(9-10-26(25)36-37-29)24-15-22(19-33-20-24)18-32-17-21-5-2-3-6-21/h4,7-10,15-16,19-21,32H,2-3,5-6,11-14,17-18H2,1H3,(H,34,35)(H,36,37). The van der Waals surface area contributed by atoms with Gasteiger partial charge < -0.3 is 20.1 Å². The molecule has 0 spiro atoms. The molecule has 1 aliphatic heterocycles. The van der Waals surface area contributed by atoms with Crippen molar-refractivity contribution in [3.63, 3.8) is 0 Å². The molecule has 2 aliphatic rings. The third kappa shape index (κ3) is 4.90. The molecule has 0 radical (unpaired) electrons. The van der Waals surface area contributed by atoms with Crippen LogP contribution in [0, 0.1) is 5.92 Å². The normalized spacial score (nSPS) is 17.1. The third-order valence-electron chi connectivity index (χ3n) is 8.49. The summed E-state index contributed by atoms with van der Waals surface area (Å²) in [7, 11) is 2.18. The Kier molecular flexibility index (Phi) is 6.50. The molecular weight excluding hydrogens is 484 g/mol. The largest absolute Gasteiger partial charge is 0.367 e. The molecule has 8 heteroatoms. The fraction of sp³-hybridized carbons (Fsp3) is 0.387. The number of aromatic nitrogens is 5. The SMILES string of the molecule is CN1CCN(c2cccc3[nH]c(-c4n[nH]c5ccc(-c6cncc(CNCC7CCCC7)c6)cc45)nc23)CC1. The van der Waals surface area contributed by atoms with Gasteiger partial charge in [-0.2, -0.15) is 5.10 Å². The summed E-state index contributed by atoms with van der Waals surface area (Å²) in [5, 5.41) is 12.6. The van der Waals surface area contributed by atoms with Crippen LogP contribution in [0.4, 0.5) is 5.69 Å². The van der Waals surface area contributed by atoms with E-state index in [4.69, 9.17) is 4.98 Å². The summed E-state index contributed by atoms with van der Waals surface area (Å²) in [5.41, 5.74) is 8.53. The van der Waals surface area contributed by atoms with E-state index in [-0.39, 0.29) is 0 Å². The van der Waals surface area contributed by atoms with Crippen molar-refractivity contribution in [3.8, 4) is 22.6 Å². The van der Waals surface area contributed by atoms with Crippen LogP contribution in [0.1, 0.15) is 31.2 Å². The first-order chi connectivity index (χ1) is 19.2. The number of para-hydroxylation sites is 1.